The second kappa shape index (κ2) is 3.83. The van der Waals surface area contributed by atoms with Crippen molar-refractivity contribution in [1.29, 1.82) is 0 Å². The minimum Gasteiger partial charge on any atom is -0.394 e. The molecule has 2 rings (SSSR count). The number of aliphatic hydroxyl groups is 1. The van der Waals surface area contributed by atoms with Gasteiger partial charge in [-0.25, -0.2) is 4.39 Å². The Morgan fingerprint density at radius 3 is 3.00 bits per heavy atom. The Balaban J connectivity index is 2.18. The highest BCUT2D eigenvalue weighted by Crippen LogP contribution is 2.43. The van der Waals surface area contributed by atoms with Gasteiger partial charge >= 0.3 is 0 Å². The fraction of sp³-hybridized carbons (Fsp3) is 0.909. The summed E-state index contributed by atoms with van der Waals surface area (Å²) < 4.78 is 13.4. The molecule has 3 nitrogen and oxygen atoms in total. The number of rotatable bonds is 3. The average molecular weight is 215 g/mol. The molecule has 15 heavy (non-hydrogen) atoms. The lowest BCUT2D eigenvalue weighted by atomic mass is 9.95. The van der Waals surface area contributed by atoms with Gasteiger partial charge in [-0.1, -0.05) is 6.92 Å². The monoisotopic (exact) mass is 215 g/mol. The molecule has 86 valence electrons. The van der Waals surface area contributed by atoms with Gasteiger partial charge in [-0.15, -0.1) is 0 Å². The second-order valence-electron chi connectivity index (χ2n) is 4.71. The van der Waals surface area contributed by atoms with E-state index in [9.17, 15) is 14.3 Å². The van der Waals surface area contributed by atoms with Crippen molar-refractivity contribution in [2.75, 3.05) is 13.2 Å². The van der Waals surface area contributed by atoms with Crippen LogP contribution in [0.4, 0.5) is 4.39 Å². The van der Waals surface area contributed by atoms with Gasteiger partial charge in [0, 0.05) is 24.9 Å². The number of halogens is 1. The summed E-state index contributed by atoms with van der Waals surface area (Å²) in [5.74, 6) is 0.180. The molecule has 0 aromatic rings. The van der Waals surface area contributed by atoms with Gasteiger partial charge in [-0.05, 0) is 12.8 Å². The van der Waals surface area contributed by atoms with E-state index in [1.165, 1.54) is 0 Å². The van der Waals surface area contributed by atoms with Crippen LogP contribution in [0.5, 0.6) is 0 Å². The maximum atomic E-state index is 13.4. The number of carbonyl (C=O) groups is 1. The van der Waals surface area contributed by atoms with E-state index >= 15 is 0 Å². The Morgan fingerprint density at radius 1 is 1.67 bits per heavy atom. The molecule has 3 atom stereocenters. The molecule has 2 saturated heterocycles. The van der Waals surface area contributed by atoms with E-state index in [0.717, 1.165) is 12.8 Å². The number of nitrogens with zero attached hydrogens (tertiary/aromatic N) is 1. The molecule has 0 unspecified atom stereocenters. The number of alkyl halides is 1. The summed E-state index contributed by atoms with van der Waals surface area (Å²) in [6, 6.07) is -0.150. The molecular weight excluding hydrogens is 197 g/mol. The molecule has 0 saturated carbocycles. The van der Waals surface area contributed by atoms with Gasteiger partial charge in [0.2, 0.25) is 0 Å². The lowest BCUT2D eigenvalue weighted by Gasteiger charge is -2.32. The molecule has 0 aliphatic carbocycles. The molecule has 0 aromatic carbocycles. The molecule has 0 amide bonds. The largest absolute Gasteiger partial charge is 0.394 e. The van der Waals surface area contributed by atoms with Crippen LogP contribution in [-0.4, -0.2) is 46.7 Å². The molecule has 2 heterocycles. The zero-order valence-electron chi connectivity index (χ0n) is 9.08. The summed E-state index contributed by atoms with van der Waals surface area (Å²) in [5.41, 5.74) is -0.436. The van der Waals surface area contributed by atoms with Crippen molar-refractivity contribution in [2.24, 2.45) is 0 Å². The lowest BCUT2D eigenvalue weighted by Crippen LogP contribution is -2.47. The molecule has 1 N–H and O–H groups in total. The van der Waals surface area contributed by atoms with Crippen molar-refractivity contribution < 1.29 is 14.3 Å². The van der Waals surface area contributed by atoms with E-state index in [0.29, 0.717) is 19.4 Å². The summed E-state index contributed by atoms with van der Waals surface area (Å²) in [5, 5.41) is 9.40. The number of fused-ring (bicyclic) bond motifs is 1. The van der Waals surface area contributed by atoms with Crippen LogP contribution in [0.2, 0.25) is 0 Å². The minimum atomic E-state index is -0.885. The van der Waals surface area contributed by atoms with E-state index in [1.807, 2.05) is 11.8 Å². The van der Waals surface area contributed by atoms with Crippen LogP contribution in [0.25, 0.3) is 0 Å². The molecule has 2 fully saturated rings. The van der Waals surface area contributed by atoms with Gasteiger partial charge in [0.25, 0.3) is 0 Å². The first-order valence-corrected chi connectivity index (χ1v) is 5.67. The Morgan fingerprint density at radius 2 is 2.40 bits per heavy atom. The normalized spacial score (nSPS) is 40.7. The van der Waals surface area contributed by atoms with Gasteiger partial charge in [0.1, 0.15) is 12.0 Å². The van der Waals surface area contributed by atoms with Crippen molar-refractivity contribution in [2.45, 2.75) is 50.4 Å². The summed E-state index contributed by atoms with van der Waals surface area (Å²) in [6.07, 6.45) is 1.53. The standard InChI is InChI=1S/C11H18FNO2/c1-2-10(15)9-3-4-11(7-14)5-8(12)6-13(9)11/h8-9,14H,2-7H2,1H3/t8-,9-,11-/m1/s1. The van der Waals surface area contributed by atoms with Crippen molar-refractivity contribution in [1.82, 2.24) is 4.90 Å². The topological polar surface area (TPSA) is 40.5 Å². The number of hydrogen-bond acceptors (Lipinski definition) is 3. The first kappa shape index (κ1) is 11.0. The van der Waals surface area contributed by atoms with E-state index in [4.69, 9.17) is 0 Å². The molecule has 0 radical (unpaired) electrons. The number of hydrogen-bond donors (Lipinski definition) is 1. The Labute approximate surface area is 89.3 Å². The number of carbonyl (C=O) groups excluding carboxylic acids is 1. The maximum Gasteiger partial charge on any atom is 0.149 e. The Bertz CT molecular complexity index is 271. The molecule has 2 aliphatic rings. The highest BCUT2D eigenvalue weighted by atomic mass is 19.1. The van der Waals surface area contributed by atoms with Crippen LogP contribution in [0.15, 0.2) is 0 Å². The van der Waals surface area contributed by atoms with Gasteiger partial charge in [-0.3, -0.25) is 9.69 Å². The summed E-state index contributed by atoms with van der Waals surface area (Å²) in [6.45, 7) is 2.13. The molecule has 2 aliphatic heterocycles. The van der Waals surface area contributed by atoms with Crippen molar-refractivity contribution >= 4 is 5.78 Å². The van der Waals surface area contributed by atoms with Crippen LogP contribution in [0, 0.1) is 0 Å². The fourth-order valence-corrected chi connectivity index (χ4v) is 3.07. The third-order valence-electron chi connectivity index (χ3n) is 3.88. The molecule has 4 heteroatoms. The predicted molar refractivity (Wildman–Crippen MR) is 54.4 cm³/mol. The zero-order valence-corrected chi connectivity index (χ0v) is 9.08. The smallest absolute Gasteiger partial charge is 0.149 e. The minimum absolute atomic E-state index is 0.0269. The van der Waals surface area contributed by atoms with E-state index in [-0.39, 0.29) is 18.4 Å². The maximum absolute atomic E-state index is 13.4. The van der Waals surface area contributed by atoms with Gasteiger partial charge in [-0.2, -0.15) is 0 Å². The van der Waals surface area contributed by atoms with Gasteiger partial charge in [0.05, 0.1) is 12.6 Å². The predicted octanol–water partition coefficient (Wildman–Crippen LogP) is 0.903. The summed E-state index contributed by atoms with van der Waals surface area (Å²) in [7, 11) is 0. The van der Waals surface area contributed by atoms with Crippen LogP contribution in [0.3, 0.4) is 0 Å². The quantitative estimate of drug-likeness (QED) is 0.760. The molecule has 0 bridgehead atoms. The Kier molecular flexibility index (Phi) is 2.81. The number of Topliss-reactive ketones (excluding diaryl/α,β-unsaturated/α-hetero) is 1. The van der Waals surface area contributed by atoms with Crippen molar-refractivity contribution in [3.8, 4) is 0 Å². The number of aliphatic hydroxyl groups excluding tert-OH is 1. The van der Waals surface area contributed by atoms with E-state index < -0.39 is 11.7 Å². The highest BCUT2D eigenvalue weighted by Gasteiger charge is 2.53. The molecule has 0 aromatic heterocycles. The first-order valence-electron chi connectivity index (χ1n) is 5.67. The number of ketones is 1. The van der Waals surface area contributed by atoms with Crippen LogP contribution < -0.4 is 0 Å². The van der Waals surface area contributed by atoms with Gasteiger partial charge in [0.15, 0.2) is 0 Å². The molecule has 0 spiro atoms. The van der Waals surface area contributed by atoms with Gasteiger partial charge < -0.3 is 5.11 Å². The summed E-state index contributed by atoms with van der Waals surface area (Å²) >= 11 is 0. The SMILES string of the molecule is CCC(=O)[C@H]1CC[C@]2(CO)C[C@@H](F)CN12. The van der Waals surface area contributed by atoms with E-state index in [2.05, 4.69) is 0 Å². The Hall–Kier alpha value is -0.480. The average Bonchev–Trinajstić information content (AvgIpc) is 2.71. The summed E-state index contributed by atoms with van der Waals surface area (Å²) in [4.78, 5) is 13.6. The highest BCUT2D eigenvalue weighted by molar-refractivity contribution is 5.84. The third-order valence-corrected chi connectivity index (χ3v) is 3.88. The third kappa shape index (κ3) is 1.60. The van der Waals surface area contributed by atoms with Crippen molar-refractivity contribution in [3.63, 3.8) is 0 Å². The van der Waals surface area contributed by atoms with E-state index in [1.54, 1.807) is 0 Å². The fourth-order valence-electron chi connectivity index (χ4n) is 3.07. The lowest BCUT2D eigenvalue weighted by molar-refractivity contribution is -0.124. The van der Waals surface area contributed by atoms with Crippen LogP contribution >= 0.6 is 0 Å². The first-order chi connectivity index (χ1) is 7.13. The van der Waals surface area contributed by atoms with Crippen molar-refractivity contribution in [3.05, 3.63) is 0 Å². The second-order valence-corrected chi connectivity index (χ2v) is 4.71. The molecular formula is C11H18FNO2. The zero-order chi connectivity index (χ0) is 11.1. The van der Waals surface area contributed by atoms with Crippen LogP contribution in [-0.2, 0) is 4.79 Å². The van der Waals surface area contributed by atoms with Crippen LogP contribution in [0.1, 0.15) is 32.6 Å².